The van der Waals surface area contributed by atoms with E-state index in [0.717, 1.165) is 6.42 Å². The Balaban J connectivity index is 4.51. The van der Waals surface area contributed by atoms with Crippen LogP contribution in [0.15, 0.2) is 0 Å². The van der Waals surface area contributed by atoms with Gasteiger partial charge in [0, 0.05) is 25.9 Å². The van der Waals surface area contributed by atoms with Crippen LogP contribution < -0.4 is 5.73 Å². The second kappa shape index (κ2) is 25.4. The second-order valence-corrected chi connectivity index (χ2v) is 9.28. The van der Waals surface area contributed by atoms with Gasteiger partial charge in [0.15, 0.2) is 0 Å². The zero-order chi connectivity index (χ0) is 23.6. The van der Waals surface area contributed by atoms with E-state index in [4.69, 9.17) is 47.4 Å². The van der Waals surface area contributed by atoms with E-state index in [9.17, 15) is 0 Å². The monoisotopic (exact) mass is 485 g/mol. The molecule has 0 aromatic rings. The van der Waals surface area contributed by atoms with Crippen molar-refractivity contribution in [2.24, 2.45) is 5.73 Å². The van der Waals surface area contributed by atoms with E-state index >= 15 is 0 Å². The quantitative estimate of drug-likeness (QED) is 0.136. The molecule has 0 aromatic carbocycles. The van der Waals surface area contributed by atoms with Crippen LogP contribution in [0.25, 0.3) is 0 Å². The van der Waals surface area contributed by atoms with Gasteiger partial charge in [0.05, 0.1) is 79.3 Å². The van der Waals surface area contributed by atoms with Crippen molar-refractivity contribution in [1.29, 1.82) is 0 Å². The van der Waals surface area contributed by atoms with E-state index in [1.165, 1.54) is 0 Å². The molecule has 0 unspecified atom stereocenters. The summed E-state index contributed by atoms with van der Waals surface area (Å²) in [7, 11) is -2.96. The smallest absolute Gasteiger partial charge is 0.379 e. The summed E-state index contributed by atoms with van der Waals surface area (Å²) in [5, 5.41) is 0. The largest absolute Gasteiger partial charge is 0.501 e. The van der Waals surface area contributed by atoms with Crippen molar-refractivity contribution in [3.8, 4) is 0 Å². The minimum absolute atomic E-state index is 0.374. The van der Waals surface area contributed by atoms with Gasteiger partial charge in [0.2, 0.25) is 0 Å². The molecule has 0 fully saturated rings. The topological polar surface area (TPSA) is 109 Å². The number of rotatable bonds is 27. The Hall–Kier alpha value is -0.183. The molecule has 0 aliphatic rings. The molecule has 0 aliphatic carbocycles. The van der Waals surface area contributed by atoms with Gasteiger partial charge in [-0.1, -0.05) is 0 Å². The van der Waals surface area contributed by atoms with E-state index in [1.807, 2.05) is 20.8 Å². The Labute approximate surface area is 195 Å². The van der Waals surface area contributed by atoms with Crippen molar-refractivity contribution in [3.63, 3.8) is 0 Å². The summed E-state index contributed by atoms with van der Waals surface area (Å²) in [6, 6.07) is 0.625. The number of hydrogen-bond acceptors (Lipinski definition) is 10. The molecular weight excluding hydrogens is 438 g/mol. The Morgan fingerprint density at radius 2 is 0.781 bits per heavy atom. The predicted molar refractivity (Wildman–Crippen MR) is 124 cm³/mol. The lowest BCUT2D eigenvalue weighted by atomic mass is 10.5. The van der Waals surface area contributed by atoms with Crippen LogP contribution >= 0.6 is 0 Å². The molecule has 0 bridgehead atoms. The fourth-order valence-electron chi connectivity index (χ4n) is 2.52. The minimum Gasteiger partial charge on any atom is -0.379 e. The average Bonchev–Trinajstić information content (AvgIpc) is 2.81. The molecule has 0 atom stereocenters. The zero-order valence-electron chi connectivity index (χ0n) is 20.5. The average molecular weight is 486 g/mol. The number of ether oxygens (including phenoxy) is 6. The third kappa shape index (κ3) is 20.4. The van der Waals surface area contributed by atoms with E-state index < -0.39 is 8.80 Å². The van der Waals surface area contributed by atoms with Gasteiger partial charge in [0.1, 0.15) is 0 Å². The van der Waals surface area contributed by atoms with Gasteiger partial charge < -0.3 is 47.4 Å². The molecule has 0 aromatic heterocycles. The fraction of sp³-hybridized carbons (Fsp3) is 1.00. The molecule has 11 heteroatoms. The first-order valence-electron chi connectivity index (χ1n) is 11.8. The van der Waals surface area contributed by atoms with Crippen molar-refractivity contribution >= 4 is 8.80 Å². The zero-order valence-corrected chi connectivity index (χ0v) is 21.5. The van der Waals surface area contributed by atoms with E-state index in [-0.39, 0.29) is 0 Å². The van der Waals surface area contributed by atoms with Gasteiger partial charge in [0.25, 0.3) is 0 Å². The fourth-order valence-corrected chi connectivity index (χ4v) is 5.02. The number of hydrogen-bond donors (Lipinski definition) is 1. The van der Waals surface area contributed by atoms with E-state index in [2.05, 4.69) is 0 Å². The summed E-state index contributed by atoms with van der Waals surface area (Å²) in [5.41, 5.74) is 5.74. The van der Waals surface area contributed by atoms with Gasteiger partial charge in [-0.25, -0.2) is 0 Å². The Morgan fingerprint density at radius 3 is 1.09 bits per heavy atom. The van der Waals surface area contributed by atoms with Crippen molar-refractivity contribution < 1.29 is 41.7 Å². The van der Waals surface area contributed by atoms with Gasteiger partial charge >= 0.3 is 8.80 Å². The second-order valence-electron chi connectivity index (χ2n) is 6.55. The van der Waals surface area contributed by atoms with Crippen LogP contribution in [-0.2, 0) is 41.7 Å². The molecule has 0 spiro atoms. The van der Waals surface area contributed by atoms with Crippen LogP contribution in [0.3, 0.4) is 0 Å². The summed E-state index contributed by atoms with van der Waals surface area (Å²) >= 11 is 0. The number of nitrogens with two attached hydrogens (primary N) is 1. The lowest BCUT2D eigenvalue weighted by molar-refractivity contribution is -0.0148. The molecule has 0 amide bonds. The van der Waals surface area contributed by atoms with Crippen LogP contribution in [0.4, 0.5) is 0 Å². The molecule has 0 saturated carbocycles. The molecule has 0 rings (SSSR count). The molecule has 0 radical (unpaired) electrons. The highest BCUT2D eigenvalue weighted by molar-refractivity contribution is 6.60. The SMILES string of the molecule is CCOCCOCCO[Si](CCCN)(OCCOCCOCC)OCCOCCOCC. The summed E-state index contributed by atoms with van der Waals surface area (Å²) in [6.07, 6.45) is 0.744. The Kier molecular flexibility index (Phi) is 25.3. The maximum Gasteiger partial charge on any atom is 0.501 e. The predicted octanol–water partition coefficient (Wildman–Crippen LogP) is 1.48. The molecular formula is C21H47NO9Si. The van der Waals surface area contributed by atoms with Gasteiger partial charge in [-0.05, 0) is 33.7 Å². The van der Waals surface area contributed by atoms with Gasteiger partial charge in [-0.3, -0.25) is 0 Å². The lowest BCUT2D eigenvalue weighted by Crippen LogP contribution is -2.48. The van der Waals surface area contributed by atoms with Gasteiger partial charge in [-0.2, -0.15) is 0 Å². The van der Waals surface area contributed by atoms with E-state index in [1.54, 1.807) is 0 Å². The van der Waals surface area contributed by atoms with Gasteiger partial charge in [-0.15, -0.1) is 0 Å². The maximum absolute atomic E-state index is 6.14. The van der Waals surface area contributed by atoms with Crippen molar-refractivity contribution in [2.75, 3.05) is 106 Å². The third-order valence-corrected chi connectivity index (χ3v) is 6.96. The maximum atomic E-state index is 6.14. The van der Waals surface area contributed by atoms with Crippen molar-refractivity contribution in [3.05, 3.63) is 0 Å². The van der Waals surface area contributed by atoms with Crippen LogP contribution in [0.1, 0.15) is 27.2 Å². The molecule has 10 nitrogen and oxygen atoms in total. The third-order valence-electron chi connectivity index (χ3n) is 4.06. The Bertz CT molecular complexity index is 325. The normalized spacial score (nSPS) is 12.0. The van der Waals surface area contributed by atoms with Crippen LogP contribution in [0, 0.1) is 0 Å². The molecule has 0 aliphatic heterocycles. The molecule has 0 saturated heterocycles. The van der Waals surface area contributed by atoms with Crippen LogP contribution in [-0.4, -0.2) is 114 Å². The summed E-state index contributed by atoms with van der Waals surface area (Å²) < 4.78 is 50.9. The minimum atomic E-state index is -2.96. The molecule has 0 heterocycles. The summed E-state index contributed by atoms with van der Waals surface area (Å²) in [6.45, 7) is 14.1. The van der Waals surface area contributed by atoms with Crippen molar-refractivity contribution in [2.45, 2.75) is 33.2 Å². The molecule has 32 heavy (non-hydrogen) atoms. The first kappa shape index (κ1) is 31.8. The van der Waals surface area contributed by atoms with E-state index in [0.29, 0.717) is 112 Å². The van der Waals surface area contributed by atoms with Crippen molar-refractivity contribution in [1.82, 2.24) is 0 Å². The summed E-state index contributed by atoms with van der Waals surface area (Å²) in [5.74, 6) is 0. The van der Waals surface area contributed by atoms with Crippen LogP contribution in [0.5, 0.6) is 0 Å². The highest BCUT2D eigenvalue weighted by Crippen LogP contribution is 2.18. The standard InChI is InChI=1S/C21H47NO9Si/c1-4-23-9-12-26-15-18-29-32(21-7-8-22,30-19-16-27-13-10-24-5-2)31-20-17-28-14-11-25-6-3/h4-22H2,1-3H3. The Morgan fingerprint density at radius 1 is 0.469 bits per heavy atom. The summed E-state index contributed by atoms with van der Waals surface area (Å²) in [4.78, 5) is 0. The van der Waals surface area contributed by atoms with Crippen LogP contribution in [0.2, 0.25) is 6.04 Å². The highest BCUT2D eigenvalue weighted by Gasteiger charge is 2.40. The first-order valence-corrected chi connectivity index (χ1v) is 13.8. The highest BCUT2D eigenvalue weighted by atomic mass is 28.4. The molecule has 2 N–H and O–H groups in total. The first-order chi connectivity index (χ1) is 15.7. The molecule has 194 valence electrons. The lowest BCUT2D eigenvalue weighted by Gasteiger charge is -2.30.